The molecule has 1 aromatic heterocycles. The SMILES string of the molecule is Cc1nn(C)c(C)c1NS(=O)(=O)c1ccc(CCC(=O)[O-])cc1. The molecule has 0 bridgehead atoms. The van der Waals surface area contributed by atoms with Gasteiger partial charge in [-0.15, -0.1) is 0 Å². The fourth-order valence-electron chi connectivity index (χ4n) is 2.20. The summed E-state index contributed by atoms with van der Waals surface area (Å²) in [5.74, 6) is -1.13. The van der Waals surface area contributed by atoms with E-state index in [1.165, 1.54) is 12.1 Å². The van der Waals surface area contributed by atoms with Crippen molar-refractivity contribution in [1.82, 2.24) is 9.78 Å². The third kappa shape index (κ3) is 3.89. The predicted molar refractivity (Wildman–Crippen MR) is 83.3 cm³/mol. The molecule has 0 aliphatic rings. The number of rotatable bonds is 6. The molecule has 0 amide bonds. The maximum Gasteiger partial charge on any atom is 0.262 e. The lowest BCUT2D eigenvalue weighted by molar-refractivity contribution is -0.305. The molecule has 0 aliphatic carbocycles. The van der Waals surface area contributed by atoms with Gasteiger partial charge in [-0.1, -0.05) is 12.1 Å². The maximum absolute atomic E-state index is 12.4. The van der Waals surface area contributed by atoms with Gasteiger partial charge in [-0.3, -0.25) is 9.40 Å². The Labute approximate surface area is 135 Å². The summed E-state index contributed by atoms with van der Waals surface area (Å²) in [6.07, 6.45) is 0.204. The molecule has 8 heteroatoms. The summed E-state index contributed by atoms with van der Waals surface area (Å²) in [6.45, 7) is 3.51. The van der Waals surface area contributed by atoms with Crippen LogP contribution in [0.15, 0.2) is 29.2 Å². The zero-order chi connectivity index (χ0) is 17.2. The highest BCUT2D eigenvalue weighted by molar-refractivity contribution is 7.92. The van der Waals surface area contributed by atoms with E-state index in [0.29, 0.717) is 17.8 Å². The summed E-state index contributed by atoms with van der Waals surface area (Å²) in [6, 6.07) is 6.10. The van der Waals surface area contributed by atoms with Crippen LogP contribution in [0, 0.1) is 13.8 Å². The lowest BCUT2D eigenvalue weighted by atomic mass is 10.1. The van der Waals surface area contributed by atoms with Crippen molar-refractivity contribution in [3.63, 3.8) is 0 Å². The zero-order valence-electron chi connectivity index (χ0n) is 13.2. The average molecular weight is 336 g/mol. The summed E-state index contributed by atoms with van der Waals surface area (Å²) in [7, 11) is -1.98. The minimum absolute atomic E-state index is 0.0988. The number of aliphatic carboxylic acids is 1. The molecule has 0 radical (unpaired) electrons. The van der Waals surface area contributed by atoms with Crippen molar-refractivity contribution >= 4 is 21.7 Å². The van der Waals surface area contributed by atoms with E-state index in [0.717, 1.165) is 11.3 Å². The molecule has 2 rings (SSSR count). The van der Waals surface area contributed by atoms with E-state index < -0.39 is 16.0 Å². The predicted octanol–water partition coefficient (Wildman–Crippen LogP) is 0.520. The number of carbonyl (C=O) groups is 1. The number of hydrogen-bond acceptors (Lipinski definition) is 5. The minimum atomic E-state index is -3.73. The van der Waals surface area contributed by atoms with E-state index in [-0.39, 0.29) is 11.3 Å². The van der Waals surface area contributed by atoms with Crippen molar-refractivity contribution in [3.05, 3.63) is 41.2 Å². The van der Waals surface area contributed by atoms with Gasteiger partial charge in [0, 0.05) is 13.0 Å². The van der Waals surface area contributed by atoms with Crippen molar-refractivity contribution in [2.75, 3.05) is 4.72 Å². The first-order valence-corrected chi connectivity index (χ1v) is 8.51. The highest BCUT2D eigenvalue weighted by Crippen LogP contribution is 2.23. The summed E-state index contributed by atoms with van der Waals surface area (Å²) >= 11 is 0. The van der Waals surface area contributed by atoms with Crippen LogP contribution in [0.3, 0.4) is 0 Å². The van der Waals surface area contributed by atoms with Gasteiger partial charge in [0.2, 0.25) is 0 Å². The van der Waals surface area contributed by atoms with Gasteiger partial charge in [0.25, 0.3) is 10.0 Å². The second kappa shape index (κ2) is 6.41. The molecule has 0 saturated carbocycles. The van der Waals surface area contributed by atoms with Crippen LogP contribution in [-0.4, -0.2) is 24.2 Å². The van der Waals surface area contributed by atoms with Crippen LogP contribution in [0.4, 0.5) is 5.69 Å². The summed E-state index contributed by atoms with van der Waals surface area (Å²) in [5.41, 5.74) is 2.52. The molecule has 7 nitrogen and oxygen atoms in total. The van der Waals surface area contributed by atoms with E-state index in [1.807, 2.05) is 0 Å². The smallest absolute Gasteiger partial charge is 0.262 e. The monoisotopic (exact) mass is 336 g/mol. The Balaban J connectivity index is 2.21. The molecule has 124 valence electrons. The Morgan fingerprint density at radius 2 is 1.87 bits per heavy atom. The van der Waals surface area contributed by atoms with Gasteiger partial charge >= 0.3 is 0 Å². The zero-order valence-corrected chi connectivity index (χ0v) is 14.0. The third-order valence-corrected chi connectivity index (χ3v) is 4.96. The van der Waals surface area contributed by atoms with Crippen LogP contribution in [0.5, 0.6) is 0 Å². The molecule has 23 heavy (non-hydrogen) atoms. The molecule has 1 heterocycles. The second-order valence-electron chi connectivity index (χ2n) is 5.29. The van der Waals surface area contributed by atoms with E-state index in [2.05, 4.69) is 9.82 Å². The van der Waals surface area contributed by atoms with Gasteiger partial charge < -0.3 is 9.90 Å². The van der Waals surface area contributed by atoms with E-state index in [9.17, 15) is 18.3 Å². The third-order valence-electron chi connectivity index (χ3n) is 3.60. The standard InChI is InChI=1S/C15H19N3O4S/c1-10-15(11(2)18(3)16-10)17-23(21,22)13-7-4-12(5-8-13)6-9-14(19)20/h4-5,7-8,17H,6,9H2,1-3H3,(H,19,20)/p-1. The highest BCUT2D eigenvalue weighted by atomic mass is 32.2. The fraction of sp³-hybridized carbons (Fsp3) is 0.333. The average Bonchev–Trinajstić information content (AvgIpc) is 2.72. The summed E-state index contributed by atoms with van der Waals surface area (Å²) in [5, 5.41) is 14.6. The number of hydrogen-bond donors (Lipinski definition) is 1. The van der Waals surface area contributed by atoms with Crippen molar-refractivity contribution in [3.8, 4) is 0 Å². The topological polar surface area (TPSA) is 104 Å². The van der Waals surface area contributed by atoms with Crippen molar-refractivity contribution < 1.29 is 18.3 Å². The number of benzene rings is 1. The van der Waals surface area contributed by atoms with Gasteiger partial charge in [-0.25, -0.2) is 8.42 Å². The number of nitrogens with one attached hydrogen (secondary N) is 1. The number of carboxylic acid groups (broad SMARTS) is 1. The number of aromatic nitrogens is 2. The van der Waals surface area contributed by atoms with E-state index >= 15 is 0 Å². The van der Waals surface area contributed by atoms with Crippen LogP contribution < -0.4 is 9.83 Å². The fourth-order valence-corrected chi connectivity index (χ4v) is 3.37. The van der Waals surface area contributed by atoms with Crippen LogP contribution in [0.25, 0.3) is 0 Å². The number of anilines is 1. The quantitative estimate of drug-likeness (QED) is 0.828. The molecule has 1 N–H and O–H groups in total. The molecule has 0 spiro atoms. The number of aryl methyl sites for hydroxylation is 3. The lowest BCUT2D eigenvalue weighted by Crippen LogP contribution is -2.22. The Morgan fingerprint density at radius 3 is 2.35 bits per heavy atom. The Hall–Kier alpha value is -2.35. The van der Waals surface area contributed by atoms with Crippen LogP contribution in [0.1, 0.15) is 23.4 Å². The number of sulfonamides is 1. The van der Waals surface area contributed by atoms with Gasteiger partial charge in [0.1, 0.15) is 0 Å². The summed E-state index contributed by atoms with van der Waals surface area (Å²) in [4.78, 5) is 10.6. The van der Waals surface area contributed by atoms with Gasteiger partial charge in [0.15, 0.2) is 0 Å². The van der Waals surface area contributed by atoms with Crippen LogP contribution >= 0.6 is 0 Å². The lowest BCUT2D eigenvalue weighted by Gasteiger charge is -2.09. The highest BCUT2D eigenvalue weighted by Gasteiger charge is 2.19. The van der Waals surface area contributed by atoms with Crippen LogP contribution in [-0.2, 0) is 28.3 Å². The molecule has 1 aromatic carbocycles. The van der Waals surface area contributed by atoms with Crippen LogP contribution in [0.2, 0.25) is 0 Å². The first kappa shape index (κ1) is 17.0. The summed E-state index contributed by atoms with van der Waals surface area (Å²) < 4.78 is 29.0. The maximum atomic E-state index is 12.4. The molecule has 0 aliphatic heterocycles. The Morgan fingerprint density at radius 1 is 1.26 bits per heavy atom. The first-order chi connectivity index (χ1) is 10.7. The van der Waals surface area contributed by atoms with Crippen molar-refractivity contribution in [2.24, 2.45) is 7.05 Å². The molecule has 0 atom stereocenters. The first-order valence-electron chi connectivity index (χ1n) is 7.02. The van der Waals surface area contributed by atoms with Crippen molar-refractivity contribution in [2.45, 2.75) is 31.6 Å². The van der Waals surface area contributed by atoms with E-state index in [4.69, 9.17) is 0 Å². The van der Waals surface area contributed by atoms with Gasteiger partial charge in [0.05, 0.1) is 22.0 Å². The Kier molecular flexibility index (Phi) is 4.74. The number of carbonyl (C=O) groups excluding carboxylic acids is 1. The van der Waals surface area contributed by atoms with E-state index in [1.54, 1.807) is 37.7 Å². The molecular weight excluding hydrogens is 318 g/mol. The van der Waals surface area contributed by atoms with Gasteiger partial charge in [-0.2, -0.15) is 5.10 Å². The molecule has 0 fully saturated rings. The molecular formula is C15H18N3O4S-. The second-order valence-corrected chi connectivity index (χ2v) is 6.97. The minimum Gasteiger partial charge on any atom is -0.550 e. The molecule has 2 aromatic rings. The molecule has 0 saturated heterocycles. The number of carboxylic acids is 1. The largest absolute Gasteiger partial charge is 0.550 e. The van der Waals surface area contributed by atoms with Crippen molar-refractivity contribution in [1.29, 1.82) is 0 Å². The normalized spacial score (nSPS) is 11.4. The van der Waals surface area contributed by atoms with Gasteiger partial charge in [-0.05, 0) is 44.4 Å². The molecule has 0 unspecified atom stereocenters. The number of nitrogens with zero attached hydrogens (tertiary/aromatic N) is 2. The Bertz CT molecular complexity index is 823.